The molecule has 0 aliphatic heterocycles. The van der Waals surface area contributed by atoms with E-state index >= 15 is 0 Å². The van der Waals surface area contributed by atoms with E-state index in [9.17, 15) is 9.90 Å². The highest BCUT2D eigenvalue weighted by Crippen LogP contribution is 2.32. The van der Waals surface area contributed by atoms with E-state index in [1.807, 2.05) is 13.8 Å². The van der Waals surface area contributed by atoms with Crippen molar-refractivity contribution in [1.82, 2.24) is 0 Å². The van der Waals surface area contributed by atoms with Crippen LogP contribution in [0.25, 0.3) is 11.0 Å². The average molecular weight is 220 g/mol. The molecule has 84 valence electrons. The Bertz CT molecular complexity index is 610. The van der Waals surface area contributed by atoms with Gasteiger partial charge in [-0.15, -0.1) is 0 Å². The minimum absolute atomic E-state index is 0.157. The van der Waals surface area contributed by atoms with Crippen LogP contribution in [0.4, 0.5) is 0 Å². The van der Waals surface area contributed by atoms with Gasteiger partial charge in [0.2, 0.25) is 5.75 Å². The fourth-order valence-corrected chi connectivity index (χ4v) is 1.60. The molecule has 0 saturated carbocycles. The number of aryl methyl sites for hydroxylation is 2. The third kappa shape index (κ3) is 1.43. The Morgan fingerprint density at radius 1 is 1.25 bits per heavy atom. The summed E-state index contributed by atoms with van der Waals surface area (Å²) in [5.74, 6) is -0.326. The number of benzene rings is 1. The molecule has 0 unspecified atom stereocenters. The second-order valence-corrected chi connectivity index (χ2v) is 3.70. The van der Waals surface area contributed by atoms with Crippen molar-refractivity contribution >= 4 is 11.0 Å². The van der Waals surface area contributed by atoms with E-state index in [-0.39, 0.29) is 11.5 Å². The van der Waals surface area contributed by atoms with Gasteiger partial charge in [0.25, 0.3) is 0 Å². The lowest BCUT2D eigenvalue weighted by Gasteiger charge is -2.07. The van der Waals surface area contributed by atoms with Crippen molar-refractivity contribution in [1.29, 1.82) is 0 Å². The maximum Gasteiger partial charge on any atom is 0.383 e. The molecule has 0 radical (unpaired) electrons. The number of methoxy groups -OCH3 is 1. The zero-order valence-electron chi connectivity index (χ0n) is 9.33. The molecule has 2 aromatic rings. The van der Waals surface area contributed by atoms with Crippen LogP contribution < -0.4 is 10.4 Å². The van der Waals surface area contributed by atoms with Gasteiger partial charge in [-0.25, -0.2) is 4.79 Å². The van der Waals surface area contributed by atoms with E-state index in [2.05, 4.69) is 0 Å². The molecule has 0 aliphatic rings. The Labute approximate surface area is 92.1 Å². The third-order valence-electron chi connectivity index (χ3n) is 2.66. The fourth-order valence-electron chi connectivity index (χ4n) is 1.60. The van der Waals surface area contributed by atoms with Gasteiger partial charge in [0.15, 0.2) is 5.75 Å². The quantitative estimate of drug-likeness (QED) is 0.748. The molecular formula is C12H12O4. The summed E-state index contributed by atoms with van der Waals surface area (Å²) in [7, 11) is 1.32. The molecule has 0 aliphatic carbocycles. The first-order chi connectivity index (χ1) is 7.54. The predicted molar refractivity (Wildman–Crippen MR) is 60.2 cm³/mol. The molecule has 0 saturated heterocycles. The monoisotopic (exact) mass is 220 g/mol. The Morgan fingerprint density at radius 3 is 2.50 bits per heavy atom. The lowest BCUT2D eigenvalue weighted by Crippen LogP contribution is -2.04. The number of hydrogen-bond acceptors (Lipinski definition) is 4. The number of ether oxygens (including phenoxy) is 1. The maximum atomic E-state index is 11.4. The molecule has 0 bridgehead atoms. The van der Waals surface area contributed by atoms with E-state index < -0.39 is 5.63 Å². The van der Waals surface area contributed by atoms with Crippen LogP contribution in [0.3, 0.4) is 0 Å². The van der Waals surface area contributed by atoms with Crippen molar-refractivity contribution < 1.29 is 14.3 Å². The van der Waals surface area contributed by atoms with Gasteiger partial charge >= 0.3 is 5.63 Å². The summed E-state index contributed by atoms with van der Waals surface area (Å²) in [6, 6.07) is 3.50. The van der Waals surface area contributed by atoms with Crippen molar-refractivity contribution in [3.8, 4) is 11.5 Å². The molecular weight excluding hydrogens is 208 g/mol. The van der Waals surface area contributed by atoms with Crippen molar-refractivity contribution in [3.63, 3.8) is 0 Å². The molecule has 0 spiro atoms. The topological polar surface area (TPSA) is 59.7 Å². The first-order valence-corrected chi connectivity index (χ1v) is 4.85. The van der Waals surface area contributed by atoms with Gasteiger partial charge in [0.1, 0.15) is 5.58 Å². The summed E-state index contributed by atoms with van der Waals surface area (Å²) in [5, 5.41) is 10.3. The molecule has 1 N–H and O–H groups in total. The smallest absolute Gasteiger partial charge is 0.383 e. The summed E-state index contributed by atoms with van der Waals surface area (Å²) >= 11 is 0. The van der Waals surface area contributed by atoms with Gasteiger partial charge < -0.3 is 14.3 Å². The largest absolute Gasteiger partial charge is 0.504 e. The van der Waals surface area contributed by atoms with Crippen molar-refractivity contribution in [2.45, 2.75) is 13.8 Å². The summed E-state index contributed by atoms with van der Waals surface area (Å²) in [5.41, 5.74) is 1.71. The second kappa shape index (κ2) is 3.56. The van der Waals surface area contributed by atoms with Crippen LogP contribution in [-0.4, -0.2) is 12.2 Å². The molecule has 4 heteroatoms. The summed E-state index contributed by atoms with van der Waals surface area (Å²) in [6.45, 7) is 3.84. The Kier molecular flexibility index (Phi) is 2.34. The number of rotatable bonds is 1. The van der Waals surface area contributed by atoms with Gasteiger partial charge in [-0.05, 0) is 37.1 Å². The number of fused-ring (bicyclic) bond motifs is 1. The van der Waals surface area contributed by atoms with E-state index in [0.29, 0.717) is 11.0 Å². The maximum absolute atomic E-state index is 11.4. The van der Waals surface area contributed by atoms with Crippen LogP contribution in [-0.2, 0) is 0 Å². The van der Waals surface area contributed by atoms with Crippen molar-refractivity contribution in [3.05, 3.63) is 33.7 Å². The summed E-state index contributed by atoms with van der Waals surface area (Å²) in [4.78, 5) is 11.4. The highest BCUT2D eigenvalue weighted by molar-refractivity contribution is 5.86. The Hall–Kier alpha value is -1.97. The highest BCUT2D eigenvalue weighted by Gasteiger charge is 2.14. The van der Waals surface area contributed by atoms with Crippen molar-refractivity contribution in [2.75, 3.05) is 7.11 Å². The standard InChI is InChI=1S/C12H12O4/c1-6-4-8-9(5-7(6)2)16-12(14)11(15-3)10(8)13/h4-5,13H,1-3H3. The Morgan fingerprint density at radius 2 is 1.88 bits per heavy atom. The zero-order chi connectivity index (χ0) is 11.9. The fraction of sp³-hybridized carbons (Fsp3) is 0.250. The van der Waals surface area contributed by atoms with Gasteiger partial charge in [0.05, 0.1) is 12.5 Å². The second-order valence-electron chi connectivity index (χ2n) is 3.70. The minimum atomic E-state index is -0.671. The van der Waals surface area contributed by atoms with Gasteiger partial charge in [0, 0.05) is 0 Å². The molecule has 0 atom stereocenters. The highest BCUT2D eigenvalue weighted by atomic mass is 16.5. The summed E-state index contributed by atoms with van der Waals surface area (Å²) in [6.07, 6.45) is 0. The van der Waals surface area contributed by atoms with E-state index in [1.54, 1.807) is 12.1 Å². The normalized spacial score (nSPS) is 10.7. The first kappa shape index (κ1) is 10.5. The van der Waals surface area contributed by atoms with E-state index in [1.165, 1.54) is 7.11 Å². The van der Waals surface area contributed by atoms with Gasteiger partial charge in [-0.2, -0.15) is 0 Å². The van der Waals surface area contributed by atoms with Crippen LogP contribution in [0.1, 0.15) is 11.1 Å². The molecule has 0 fully saturated rings. The third-order valence-corrected chi connectivity index (χ3v) is 2.66. The lowest BCUT2D eigenvalue weighted by atomic mass is 10.1. The van der Waals surface area contributed by atoms with Crippen LogP contribution in [0.5, 0.6) is 11.5 Å². The van der Waals surface area contributed by atoms with Crippen LogP contribution in [0.15, 0.2) is 21.3 Å². The predicted octanol–water partition coefficient (Wildman–Crippen LogP) is 2.12. The van der Waals surface area contributed by atoms with Crippen LogP contribution >= 0.6 is 0 Å². The van der Waals surface area contributed by atoms with Crippen molar-refractivity contribution in [2.24, 2.45) is 0 Å². The number of hydrogen-bond donors (Lipinski definition) is 1. The summed E-state index contributed by atoms with van der Waals surface area (Å²) < 4.78 is 9.86. The van der Waals surface area contributed by atoms with Gasteiger partial charge in [-0.3, -0.25) is 0 Å². The van der Waals surface area contributed by atoms with E-state index in [0.717, 1.165) is 11.1 Å². The average Bonchev–Trinajstić information content (AvgIpc) is 2.22. The molecule has 1 aromatic carbocycles. The molecule has 4 nitrogen and oxygen atoms in total. The molecule has 16 heavy (non-hydrogen) atoms. The SMILES string of the molecule is COc1c(O)c2cc(C)c(C)cc2oc1=O. The van der Waals surface area contributed by atoms with Crippen LogP contribution in [0, 0.1) is 13.8 Å². The lowest BCUT2D eigenvalue weighted by molar-refractivity contribution is 0.351. The number of aromatic hydroxyl groups is 1. The molecule has 1 heterocycles. The van der Waals surface area contributed by atoms with Gasteiger partial charge in [-0.1, -0.05) is 0 Å². The molecule has 2 rings (SSSR count). The zero-order valence-corrected chi connectivity index (χ0v) is 9.33. The van der Waals surface area contributed by atoms with E-state index in [4.69, 9.17) is 9.15 Å². The molecule has 0 amide bonds. The molecule has 1 aromatic heterocycles. The Balaban J connectivity index is 2.94. The first-order valence-electron chi connectivity index (χ1n) is 4.85. The minimum Gasteiger partial charge on any atom is -0.504 e. The van der Waals surface area contributed by atoms with Crippen LogP contribution in [0.2, 0.25) is 0 Å².